The van der Waals surface area contributed by atoms with Crippen molar-refractivity contribution in [1.82, 2.24) is 14.8 Å². The number of benzene rings is 2. The number of carbonyl (C=O) groups is 2. The second kappa shape index (κ2) is 8.23. The molecule has 2 aromatic carbocycles. The van der Waals surface area contributed by atoms with Gasteiger partial charge in [0.2, 0.25) is 11.8 Å². The summed E-state index contributed by atoms with van der Waals surface area (Å²) in [5, 5.41) is 9.20. The Balaban J connectivity index is 1.81. The van der Waals surface area contributed by atoms with E-state index in [1.54, 1.807) is 19.1 Å². The molecule has 3 aromatic rings. The number of amides is 2. The van der Waals surface area contributed by atoms with Crippen molar-refractivity contribution < 1.29 is 22.8 Å². The molecule has 0 atom stereocenters. The van der Waals surface area contributed by atoms with Crippen LogP contribution in [0.4, 0.5) is 24.5 Å². The number of nitrogens with zero attached hydrogens (tertiary/aromatic N) is 3. The van der Waals surface area contributed by atoms with E-state index in [0.717, 1.165) is 17.7 Å². The minimum Gasteiger partial charge on any atom is -0.376 e. The van der Waals surface area contributed by atoms with E-state index in [-0.39, 0.29) is 23.5 Å². The number of rotatable bonds is 6. The lowest BCUT2D eigenvalue weighted by Crippen LogP contribution is -2.23. The number of aryl methyl sites for hydroxylation is 1. The van der Waals surface area contributed by atoms with Gasteiger partial charge in [0, 0.05) is 11.3 Å². The maximum atomic E-state index is 13.1. The van der Waals surface area contributed by atoms with Crippen molar-refractivity contribution in [2.75, 3.05) is 17.2 Å². The first-order chi connectivity index (χ1) is 14.1. The highest BCUT2D eigenvalue weighted by molar-refractivity contribution is 5.97. The lowest BCUT2D eigenvalue weighted by Gasteiger charge is -2.15. The Kier molecular flexibility index (Phi) is 5.72. The molecule has 0 aliphatic heterocycles. The molecule has 0 bridgehead atoms. The van der Waals surface area contributed by atoms with E-state index in [2.05, 4.69) is 20.7 Å². The highest BCUT2D eigenvalue weighted by Crippen LogP contribution is 2.33. The summed E-state index contributed by atoms with van der Waals surface area (Å²) in [7, 11) is 0. The summed E-state index contributed by atoms with van der Waals surface area (Å²) in [6, 6.07) is 7.63. The zero-order valence-corrected chi connectivity index (χ0v) is 15.7. The van der Waals surface area contributed by atoms with E-state index < -0.39 is 23.6 Å². The molecular weight excluding hydrogens is 401 g/mol. The molecule has 1 heterocycles. The number of nitrogens with two attached hydrogens (primary N) is 1. The minimum absolute atomic E-state index is 0.0790. The van der Waals surface area contributed by atoms with E-state index in [9.17, 15) is 22.8 Å². The van der Waals surface area contributed by atoms with Crippen molar-refractivity contribution in [3.63, 3.8) is 0 Å². The number of carbonyl (C=O) groups excluding carboxylic acids is 2. The number of hydrogen-bond acceptors (Lipinski definition) is 5. The summed E-state index contributed by atoms with van der Waals surface area (Å²) in [5.74, 6) is -1.22. The molecule has 2 amide bonds. The fourth-order valence-electron chi connectivity index (χ4n) is 2.68. The third-order valence-corrected chi connectivity index (χ3v) is 4.23. The van der Waals surface area contributed by atoms with Crippen LogP contribution >= 0.6 is 0 Å². The summed E-state index contributed by atoms with van der Waals surface area (Å²) in [5.41, 5.74) is 6.00. The molecule has 0 radical (unpaired) electrons. The third-order valence-electron chi connectivity index (χ3n) is 4.23. The molecule has 0 unspecified atom stereocenters. The predicted octanol–water partition coefficient (Wildman–Crippen LogP) is 2.74. The van der Waals surface area contributed by atoms with Crippen LogP contribution in [0.2, 0.25) is 0 Å². The maximum Gasteiger partial charge on any atom is 0.416 e. The number of alkyl halides is 3. The zero-order chi connectivity index (χ0) is 21.9. The molecule has 0 aliphatic rings. The Morgan fingerprint density at radius 3 is 2.53 bits per heavy atom. The molecule has 0 saturated carbocycles. The number of primary amides is 1. The number of nitrogens with one attached hydrogen (secondary N) is 2. The van der Waals surface area contributed by atoms with Crippen LogP contribution in [-0.4, -0.2) is 33.1 Å². The molecule has 11 heteroatoms. The number of hydrogen-bond donors (Lipinski definition) is 3. The first-order valence-corrected chi connectivity index (χ1v) is 8.65. The fraction of sp³-hybridized carbons (Fsp3) is 0.158. The molecule has 30 heavy (non-hydrogen) atoms. The van der Waals surface area contributed by atoms with Gasteiger partial charge in [-0.3, -0.25) is 9.59 Å². The van der Waals surface area contributed by atoms with Crippen LogP contribution in [0.25, 0.3) is 5.69 Å². The van der Waals surface area contributed by atoms with Crippen LogP contribution < -0.4 is 16.4 Å². The lowest BCUT2D eigenvalue weighted by atomic mass is 10.1. The Labute approximate surface area is 168 Å². The molecule has 4 N–H and O–H groups in total. The highest BCUT2D eigenvalue weighted by Gasteiger charge is 2.31. The standard InChI is InChI=1S/C19H17F3N6O2/c1-11-2-3-12(18(23)30)6-14(11)25-8-17(29)27-15-7-13(19(20,21)22)4-5-16(15)28-10-24-9-26-28/h2-7,9-10,25H,8H2,1H3,(H2,23,30)(H,27,29). The monoisotopic (exact) mass is 418 g/mol. The quantitative estimate of drug-likeness (QED) is 0.569. The van der Waals surface area contributed by atoms with Gasteiger partial charge >= 0.3 is 6.18 Å². The Morgan fingerprint density at radius 1 is 1.13 bits per heavy atom. The Hall–Kier alpha value is -3.89. The van der Waals surface area contributed by atoms with Crippen molar-refractivity contribution in [2.24, 2.45) is 5.73 Å². The summed E-state index contributed by atoms with van der Waals surface area (Å²) >= 11 is 0. The molecule has 0 saturated heterocycles. The van der Waals surface area contributed by atoms with E-state index in [0.29, 0.717) is 5.69 Å². The fourth-order valence-corrected chi connectivity index (χ4v) is 2.68. The van der Waals surface area contributed by atoms with Crippen LogP contribution in [0.3, 0.4) is 0 Å². The van der Waals surface area contributed by atoms with Crippen molar-refractivity contribution in [3.8, 4) is 5.69 Å². The Bertz CT molecular complexity index is 1080. The van der Waals surface area contributed by atoms with Crippen molar-refractivity contribution >= 4 is 23.2 Å². The van der Waals surface area contributed by atoms with Gasteiger partial charge in [0.05, 0.1) is 23.5 Å². The summed E-state index contributed by atoms with van der Waals surface area (Å²) < 4.78 is 40.5. The van der Waals surface area contributed by atoms with Crippen molar-refractivity contribution in [2.45, 2.75) is 13.1 Å². The van der Waals surface area contributed by atoms with E-state index in [1.165, 1.54) is 29.5 Å². The van der Waals surface area contributed by atoms with Gasteiger partial charge in [-0.1, -0.05) is 6.07 Å². The van der Waals surface area contributed by atoms with Gasteiger partial charge in [-0.15, -0.1) is 0 Å². The lowest BCUT2D eigenvalue weighted by molar-refractivity contribution is -0.137. The van der Waals surface area contributed by atoms with E-state index >= 15 is 0 Å². The second-order valence-electron chi connectivity index (χ2n) is 6.37. The number of anilines is 2. The molecule has 1 aromatic heterocycles. The first-order valence-electron chi connectivity index (χ1n) is 8.65. The maximum absolute atomic E-state index is 13.1. The van der Waals surface area contributed by atoms with Crippen molar-refractivity contribution in [1.29, 1.82) is 0 Å². The van der Waals surface area contributed by atoms with Gasteiger partial charge in [0.25, 0.3) is 0 Å². The molecular formula is C19H17F3N6O2. The van der Waals surface area contributed by atoms with Crippen LogP contribution in [0.5, 0.6) is 0 Å². The van der Waals surface area contributed by atoms with Gasteiger partial charge in [-0.2, -0.15) is 18.3 Å². The molecule has 156 valence electrons. The van der Waals surface area contributed by atoms with Gasteiger partial charge in [-0.25, -0.2) is 9.67 Å². The summed E-state index contributed by atoms with van der Waals surface area (Å²) in [4.78, 5) is 27.5. The van der Waals surface area contributed by atoms with Gasteiger partial charge in [-0.05, 0) is 42.8 Å². The molecule has 3 rings (SSSR count). The van der Waals surface area contributed by atoms with Crippen LogP contribution in [0.1, 0.15) is 21.5 Å². The smallest absolute Gasteiger partial charge is 0.376 e. The van der Waals surface area contributed by atoms with Gasteiger partial charge < -0.3 is 16.4 Å². The Morgan fingerprint density at radius 2 is 1.90 bits per heavy atom. The van der Waals surface area contributed by atoms with Crippen LogP contribution in [0.15, 0.2) is 49.1 Å². The average molecular weight is 418 g/mol. The number of aromatic nitrogens is 3. The largest absolute Gasteiger partial charge is 0.416 e. The van der Waals surface area contributed by atoms with Crippen molar-refractivity contribution in [3.05, 3.63) is 65.7 Å². The normalized spacial score (nSPS) is 11.2. The van der Waals surface area contributed by atoms with E-state index in [1.807, 2.05) is 0 Å². The molecule has 0 fully saturated rings. The highest BCUT2D eigenvalue weighted by atomic mass is 19.4. The summed E-state index contributed by atoms with van der Waals surface area (Å²) in [6.45, 7) is 1.51. The number of halogens is 3. The van der Waals surface area contributed by atoms with Gasteiger partial charge in [0.1, 0.15) is 12.7 Å². The van der Waals surface area contributed by atoms with E-state index in [4.69, 9.17) is 5.73 Å². The second-order valence-corrected chi connectivity index (χ2v) is 6.37. The molecule has 0 spiro atoms. The zero-order valence-electron chi connectivity index (χ0n) is 15.7. The summed E-state index contributed by atoms with van der Waals surface area (Å²) in [6.07, 6.45) is -2.06. The predicted molar refractivity (Wildman–Crippen MR) is 103 cm³/mol. The molecule has 0 aliphatic carbocycles. The average Bonchev–Trinajstić information content (AvgIpc) is 3.21. The van der Waals surface area contributed by atoms with Crippen LogP contribution in [0, 0.1) is 6.92 Å². The SMILES string of the molecule is Cc1ccc(C(N)=O)cc1NCC(=O)Nc1cc(C(F)(F)F)ccc1-n1cncn1. The van der Waals surface area contributed by atoms with Crippen LogP contribution in [-0.2, 0) is 11.0 Å². The topological polar surface area (TPSA) is 115 Å². The minimum atomic E-state index is -4.58. The first kappa shape index (κ1) is 20.8. The third kappa shape index (κ3) is 4.74. The van der Waals surface area contributed by atoms with Gasteiger partial charge in [0.15, 0.2) is 0 Å². The molecule has 8 nitrogen and oxygen atoms in total.